The summed E-state index contributed by atoms with van der Waals surface area (Å²) >= 11 is 0. The van der Waals surface area contributed by atoms with E-state index in [1.807, 2.05) is 0 Å². The summed E-state index contributed by atoms with van der Waals surface area (Å²) in [4.78, 5) is 0. The SMILES string of the molecule is CCCCCCCCc1ccc(-c2ccc(-c3ccc(C4OCC(CCCCCCC)CO4)c(F)c3F)cc2)c(F)c1F. The third-order valence-corrected chi connectivity index (χ3v) is 8.52. The first-order valence-corrected chi connectivity index (χ1v) is 16.2. The van der Waals surface area contributed by atoms with Crippen molar-refractivity contribution >= 4 is 0 Å². The molecule has 6 heteroatoms. The van der Waals surface area contributed by atoms with Gasteiger partial charge in [0.05, 0.1) is 13.2 Å². The molecule has 0 spiro atoms. The summed E-state index contributed by atoms with van der Waals surface area (Å²) in [5, 5.41) is 0. The summed E-state index contributed by atoms with van der Waals surface area (Å²) in [5.41, 5.74) is 1.54. The number of hydrogen-bond donors (Lipinski definition) is 0. The topological polar surface area (TPSA) is 18.5 Å². The predicted molar refractivity (Wildman–Crippen MR) is 166 cm³/mol. The Morgan fingerprint density at radius 3 is 1.67 bits per heavy atom. The van der Waals surface area contributed by atoms with Gasteiger partial charge in [0.25, 0.3) is 0 Å². The molecular weight excluding hydrogens is 552 g/mol. The minimum atomic E-state index is -1.00. The molecule has 234 valence electrons. The van der Waals surface area contributed by atoms with E-state index in [0.717, 1.165) is 32.1 Å². The molecule has 2 nitrogen and oxygen atoms in total. The van der Waals surface area contributed by atoms with Crippen molar-refractivity contribution in [2.24, 2.45) is 5.92 Å². The van der Waals surface area contributed by atoms with Crippen LogP contribution in [0, 0.1) is 29.2 Å². The standard InChI is InChI=1S/C37H46F4O2/c1-3-5-7-9-11-13-15-29-20-21-30(34(39)33(29)38)27-16-18-28(19-17-27)31-22-23-32(36(41)35(31)40)37-42-24-26(25-43-37)14-12-10-8-6-4-2/h16-23,26,37H,3-15,24-25H2,1-2H3. The molecule has 0 N–H and O–H groups in total. The Hall–Kier alpha value is -2.70. The average molecular weight is 599 g/mol. The van der Waals surface area contributed by atoms with Gasteiger partial charge in [0.1, 0.15) is 0 Å². The molecular formula is C37H46F4O2. The molecule has 1 aliphatic rings. The normalized spacial score (nSPS) is 17.0. The van der Waals surface area contributed by atoms with Gasteiger partial charge in [0.15, 0.2) is 29.6 Å². The second-order valence-corrected chi connectivity index (χ2v) is 11.9. The van der Waals surface area contributed by atoms with Gasteiger partial charge in [-0.1, -0.05) is 127 Å². The summed E-state index contributed by atoms with van der Waals surface area (Å²) in [7, 11) is 0. The van der Waals surface area contributed by atoms with E-state index >= 15 is 13.2 Å². The molecule has 0 atom stereocenters. The highest BCUT2D eigenvalue weighted by molar-refractivity contribution is 5.71. The average Bonchev–Trinajstić information content (AvgIpc) is 3.03. The van der Waals surface area contributed by atoms with Gasteiger partial charge in [-0.25, -0.2) is 17.6 Å². The Morgan fingerprint density at radius 2 is 1.07 bits per heavy atom. The van der Waals surface area contributed by atoms with E-state index in [2.05, 4.69) is 13.8 Å². The van der Waals surface area contributed by atoms with E-state index in [9.17, 15) is 4.39 Å². The van der Waals surface area contributed by atoms with E-state index in [4.69, 9.17) is 9.47 Å². The molecule has 1 saturated heterocycles. The molecule has 1 fully saturated rings. The van der Waals surface area contributed by atoms with Crippen molar-refractivity contribution in [3.63, 3.8) is 0 Å². The van der Waals surface area contributed by atoms with Gasteiger partial charge < -0.3 is 9.47 Å². The van der Waals surface area contributed by atoms with Gasteiger partial charge in [0.2, 0.25) is 0 Å². The van der Waals surface area contributed by atoms with Crippen LogP contribution < -0.4 is 0 Å². The minimum absolute atomic E-state index is 0.0397. The van der Waals surface area contributed by atoms with Crippen LogP contribution in [0.15, 0.2) is 48.5 Å². The van der Waals surface area contributed by atoms with Crippen LogP contribution in [-0.4, -0.2) is 13.2 Å². The Morgan fingerprint density at radius 1 is 0.558 bits per heavy atom. The number of rotatable bonds is 16. The Balaban J connectivity index is 1.37. The predicted octanol–water partition coefficient (Wildman–Crippen LogP) is 11.5. The molecule has 1 aliphatic heterocycles. The highest BCUT2D eigenvalue weighted by Gasteiger charge is 2.28. The fourth-order valence-corrected chi connectivity index (χ4v) is 5.83. The van der Waals surface area contributed by atoms with Crippen LogP contribution in [0.5, 0.6) is 0 Å². The molecule has 0 bridgehead atoms. The molecule has 3 aromatic carbocycles. The van der Waals surface area contributed by atoms with E-state index < -0.39 is 29.6 Å². The van der Waals surface area contributed by atoms with Crippen LogP contribution >= 0.6 is 0 Å². The van der Waals surface area contributed by atoms with Crippen LogP contribution in [-0.2, 0) is 15.9 Å². The fraction of sp³-hybridized carbons (Fsp3) is 0.514. The van der Waals surface area contributed by atoms with Crippen molar-refractivity contribution in [1.29, 1.82) is 0 Å². The molecule has 0 unspecified atom stereocenters. The highest BCUT2D eigenvalue weighted by atomic mass is 19.2. The number of halogens is 4. The monoisotopic (exact) mass is 598 g/mol. The lowest BCUT2D eigenvalue weighted by atomic mass is 9.96. The van der Waals surface area contributed by atoms with Crippen molar-refractivity contribution < 1.29 is 27.0 Å². The first-order chi connectivity index (χ1) is 20.9. The number of ether oxygens (including phenoxy) is 2. The van der Waals surface area contributed by atoms with Crippen LogP contribution in [0.4, 0.5) is 17.6 Å². The fourth-order valence-electron chi connectivity index (χ4n) is 5.83. The number of aryl methyl sites for hydroxylation is 1. The molecule has 0 aromatic heterocycles. The molecule has 0 aliphatic carbocycles. The molecule has 0 amide bonds. The molecule has 4 rings (SSSR count). The Kier molecular flexibility index (Phi) is 13.1. The molecule has 0 radical (unpaired) electrons. The second-order valence-electron chi connectivity index (χ2n) is 11.9. The third-order valence-electron chi connectivity index (χ3n) is 8.52. The highest BCUT2D eigenvalue weighted by Crippen LogP contribution is 2.35. The van der Waals surface area contributed by atoms with Gasteiger partial charge in [0, 0.05) is 22.6 Å². The summed E-state index contributed by atoms with van der Waals surface area (Å²) in [6, 6.07) is 12.6. The zero-order chi connectivity index (χ0) is 30.6. The van der Waals surface area contributed by atoms with Crippen molar-refractivity contribution in [2.45, 2.75) is 104 Å². The van der Waals surface area contributed by atoms with E-state index in [0.29, 0.717) is 36.3 Å². The van der Waals surface area contributed by atoms with Gasteiger partial charge in [-0.15, -0.1) is 0 Å². The zero-order valence-corrected chi connectivity index (χ0v) is 25.7. The summed E-state index contributed by atoms with van der Waals surface area (Å²) in [5.74, 6) is -3.43. The molecule has 1 heterocycles. The maximum Gasteiger partial charge on any atom is 0.186 e. The Labute approximate surface area is 254 Å². The van der Waals surface area contributed by atoms with Crippen LogP contribution in [0.25, 0.3) is 22.3 Å². The van der Waals surface area contributed by atoms with E-state index in [1.54, 1.807) is 36.4 Å². The third kappa shape index (κ3) is 8.92. The largest absolute Gasteiger partial charge is 0.348 e. The molecule has 43 heavy (non-hydrogen) atoms. The quantitative estimate of drug-likeness (QED) is 0.121. The van der Waals surface area contributed by atoms with Crippen LogP contribution in [0.1, 0.15) is 108 Å². The van der Waals surface area contributed by atoms with E-state index in [1.165, 1.54) is 57.1 Å². The Bertz CT molecular complexity index is 1280. The lowest BCUT2D eigenvalue weighted by Gasteiger charge is -2.30. The second kappa shape index (κ2) is 17.0. The van der Waals surface area contributed by atoms with Gasteiger partial charge in [-0.2, -0.15) is 0 Å². The first kappa shape index (κ1) is 33.2. The lowest BCUT2D eigenvalue weighted by Crippen LogP contribution is -2.27. The van der Waals surface area contributed by atoms with Crippen molar-refractivity contribution in [1.82, 2.24) is 0 Å². The number of hydrogen-bond acceptors (Lipinski definition) is 2. The molecule has 3 aromatic rings. The number of unbranched alkanes of at least 4 members (excludes halogenated alkanes) is 9. The molecule has 0 saturated carbocycles. The minimum Gasteiger partial charge on any atom is -0.348 e. The van der Waals surface area contributed by atoms with Crippen molar-refractivity contribution in [3.8, 4) is 22.3 Å². The maximum atomic E-state index is 15.2. The van der Waals surface area contributed by atoms with Gasteiger partial charge in [-0.3, -0.25) is 0 Å². The summed E-state index contributed by atoms with van der Waals surface area (Å²) in [6.07, 6.45) is 13.0. The van der Waals surface area contributed by atoms with E-state index in [-0.39, 0.29) is 22.6 Å². The summed E-state index contributed by atoms with van der Waals surface area (Å²) in [6.45, 7) is 5.27. The first-order valence-electron chi connectivity index (χ1n) is 16.2. The van der Waals surface area contributed by atoms with Gasteiger partial charge in [-0.05, 0) is 36.0 Å². The lowest BCUT2D eigenvalue weighted by molar-refractivity contribution is -0.207. The smallest absolute Gasteiger partial charge is 0.186 e. The van der Waals surface area contributed by atoms with Crippen LogP contribution in [0.3, 0.4) is 0 Å². The van der Waals surface area contributed by atoms with Crippen LogP contribution in [0.2, 0.25) is 0 Å². The van der Waals surface area contributed by atoms with Crippen molar-refractivity contribution in [2.75, 3.05) is 13.2 Å². The maximum absolute atomic E-state index is 15.2. The van der Waals surface area contributed by atoms with Gasteiger partial charge >= 0.3 is 0 Å². The van der Waals surface area contributed by atoms with Crippen molar-refractivity contribution in [3.05, 3.63) is 82.9 Å². The zero-order valence-electron chi connectivity index (χ0n) is 25.7. The number of benzene rings is 3. The summed E-state index contributed by atoms with van der Waals surface area (Å²) < 4.78 is 71.8.